The van der Waals surface area contributed by atoms with Crippen molar-refractivity contribution in [2.24, 2.45) is 5.92 Å². The minimum atomic E-state index is -0.683. The molecule has 8 nitrogen and oxygen atoms in total. The maximum atomic E-state index is 12.8. The largest absolute Gasteiger partial charge is 0.497 e. The summed E-state index contributed by atoms with van der Waals surface area (Å²) in [5.74, 6) is 1.87. The molecule has 0 spiro atoms. The number of methoxy groups -OCH3 is 1. The predicted molar refractivity (Wildman–Crippen MR) is 121 cm³/mol. The second kappa shape index (κ2) is 13.1. The Kier molecular flexibility index (Phi) is 10.5. The average molecular weight is 449 g/mol. The molecule has 0 bridgehead atoms. The third-order valence-electron chi connectivity index (χ3n) is 4.80. The molecule has 1 aromatic rings. The highest BCUT2D eigenvalue weighted by Gasteiger charge is 2.27. The van der Waals surface area contributed by atoms with Crippen LogP contribution < -0.4 is 15.4 Å². The quantitative estimate of drug-likeness (QED) is 0.570. The zero-order valence-corrected chi connectivity index (χ0v) is 19.2. The number of morpholine rings is 1. The van der Waals surface area contributed by atoms with Crippen LogP contribution in [0.15, 0.2) is 24.3 Å². The van der Waals surface area contributed by atoms with Crippen LogP contribution in [0.5, 0.6) is 5.75 Å². The monoisotopic (exact) mass is 448 g/mol. The van der Waals surface area contributed by atoms with E-state index in [1.165, 1.54) is 0 Å². The van der Waals surface area contributed by atoms with Crippen LogP contribution >= 0.6 is 11.8 Å². The molecule has 1 aliphatic rings. The van der Waals surface area contributed by atoms with Gasteiger partial charge in [0.2, 0.25) is 5.91 Å². The number of nitrogens with one attached hydrogen (secondary N) is 2. The van der Waals surface area contributed by atoms with Crippen molar-refractivity contribution in [2.75, 3.05) is 39.2 Å². The minimum Gasteiger partial charge on any atom is -0.497 e. The first-order valence-corrected chi connectivity index (χ1v) is 11.6. The fourth-order valence-corrected chi connectivity index (χ4v) is 4.05. The molecular weight excluding hydrogens is 416 g/mol. The summed E-state index contributed by atoms with van der Waals surface area (Å²) in [6, 6.07) is 8.31. The highest BCUT2D eigenvalue weighted by molar-refractivity contribution is 7.98. The molecule has 0 aliphatic carbocycles. The van der Waals surface area contributed by atoms with E-state index in [1.807, 2.05) is 38.1 Å². The summed E-state index contributed by atoms with van der Waals surface area (Å²) in [6.07, 6.45) is 0.499. The fraction of sp³-hybridized carbons (Fsp3) is 0.591. The van der Waals surface area contributed by atoms with Gasteiger partial charge in [0, 0.05) is 24.6 Å². The molecule has 2 N–H and O–H groups in total. The van der Waals surface area contributed by atoms with Gasteiger partial charge in [-0.25, -0.2) is 4.79 Å². The number of thioether (sulfide) groups is 1. The van der Waals surface area contributed by atoms with Crippen molar-refractivity contribution in [3.8, 4) is 11.8 Å². The maximum absolute atomic E-state index is 12.8. The van der Waals surface area contributed by atoms with E-state index in [1.54, 1.807) is 23.8 Å². The number of urea groups is 1. The van der Waals surface area contributed by atoms with Crippen molar-refractivity contribution in [1.82, 2.24) is 15.5 Å². The van der Waals surface area contributed by atoms with Crippen molar-refractivity contribution in [3.63, 3.8) is 0 Å². The summed E-state index contributed by atoms with van der Waals surface area (Å²) in [7, 11) is 1.62. The van der Waals surface area contributed by atoms with Crippen molar-refractivity contribution >= 4 is 23.7 Å². The van der Waals surface area contributed by atoms with Gasteiger partial charge >= 0.3 is 6.03 Å². The summed E-state index contributed by atoms with van der Waals surface area (Å²) < 4.78 is 10.4. The maximum Gasteiger partial charge on any atom is 0.318 e. The third-order valence-corrected chi connectivity index (χ3v) is 5.91. The summed E-state index contributed by atoms with van der Waals surface area (Å²) >= 11 is 1.57. The molecule has 1 aromatic carbocycles. The van der Waals surface area contributed by atoms with E-state index in [4.69, 9.17) is 9.47 Å². The van der Waals surface area contributed by atoms with E-state index >= 15 is 0 Å². The lowest BCUT2D eigenvalue weighted by Crippen LogP contribution is -2.55. The SMILES string of the molecule is COc1ccc(CSCC(C#N)NC(=O)C(CC(C)C)NC(=O)N2CCOCC2)cc1. The second-order valence-corrected chi connectivity index (χ2v) is 8.81. The second-order valence-electron chi connectivity index (χ2n) is 7.78. The van der Waals surface area contributed by atoms with E-state index in [0.717, 1.165) is 17.1 Å². The van der Waals surface area contributed by atoms with Gasteiger partial charge < -0.3 is 25.0 Å². The number of benzene rings is 1. The molecule has 1 heterocycles. The van der Waals surface area contributed by atoms with Gasteiger partial charge in [-0.1, -0.05) is 26.0 Å². The third kappa shape index (κ3) is 8.67. The van der Waals surface area contributed by atoms with E-state index in [0.29, 0.717) is 38.5 Å². The summed E-state index contributed by atoms with van der Waals surface area (Å²) in [6.45, 7) is 5.99. The predicted octanol–water partition coefficient (Wildman–Crippen LogP) is 2.39. The van der Waals surface area contributed by atoms with Crippen LogP contribution in [0, 0.1) is 17.2 Å². The van der Waals surface area contributed by atoms with Crippen LogP contribution in [0.25, 0.3) is 0 Å². The van der Waals surface area contributed by atoms with Gasteiger partial charge in [-0.15, -0.1) is 0 Å². The van der Waals surface area contributed by atoms with Crippen molar-refractivity contribution in [1.29, 1.82) is 5.26 Å². The first kappa shape index (κ1) is 24.8. The molecule has 1 fully saturated rings. The van der Waals surface area contributed by atoms with E-state index in [-0.39, 0.29) is 17.9 Å². The van der Waals surface area contributed by atoms with Crippen LogP contribution in [-0.4, -0.2) is 68.1 Å². The summed E-state index contributed by atoms with van der Waals surface area (Å²) in [5.41, 5.74) is 1.12. The Bertz CT molecular complexity index is 745. The Balaban J connectivity index is 1.86. The molecule has 0 aromatic heterocycles. The van der Waals surface area contributed by atoms with E-state index in [2.05, 4.69) is 16.7 Å². The molecule has 1 aliphatic heterocycles. The van der Waals surface area contributed by atoms with Gasteiger partial charge in [-0.05, 0) is 30.0 Å². The van der Waals surface area contributed by atoms with Gasteiger partial charge in [0.05, 0.1) is 26.4 Å². The lowest BCUT2D eigenvalue weighted by molar-refractivity contribution is -0.123. The highest BCUT2D eigenvalue weighted by Crippen LogP contribution is 2.17. The first-order valence-electron chi connectivity index (χ1n) is 10.5. The standard InChI is InChI=1S/C22H32N4O4S/c1-16(2)12-20(25-22(28)26-8-10-30-11-9-26)21(27)24-18(13-23)15-31-14-17-4-6-19(29-3)7-5-17/h4-7,16,18,20H,8-12,14-15H2,1-3H3,(H,24,27)(H,25,28). The van der Waals surface area contributed by atoms with Crippen LogP contribution in [0.2, 0.25) is 0 Å². The van der Waals surface area contributed by atoms with E-state index < -0.39 is 12.1 Å². The fourth-order valence-electron chi connectivity index (χ4n) is 3.11. The van der Waals surface area contributed by atoms with Crippen LogP contribution in [0.1, 0.15) is 25.8 Å². The zero-order valence-electron chi connectivity index (χ0n) is 18.4. The molecule has 0 saturated carbocycles. The van der Waals surface area contributed by atoms with Crippen molar-refractivity contribution < 1.29 is 19.1 Å². The lowest BCUT2D eigenvalue weighted by atomic mass is 10.0. The van der Waals surface area contributed by atoms with Gasteiger partial charge in [-0.3, -0.25) is 4.79 Å². The smallest absolute Gasteiger partial charge is 0.318 e. The number of rotatable bonds is 10. The molecule has 0 radical (unpaired) electrons. The molecule has 1 saturated heterocycles. The minimum absolute atomic E-state index is 0.214. The van der Waals surface area contributed by atoms with Gasteiger partial charge in [0.1, 0.15) is 17.8 Å². The number of ether oxygens (including phenoxy) is 2. The molecule has 2 rings (SSSR count). The molecule has 2 atom stereocenters. The molecule has 3 amide bonds. The number of amides is 3. The molecule has 2 unspecified atom stereocenters. The number of hydrogen-bond donors (Lipinski definition) is 2. The molecular formula is C22H32N4O4S. The summed E-state index contributed by atoms with van der Waals surface area (Å²) in [4.78, 5) is 27.0. The Morgan fingerprint density at radius 2 is 1.90 bits per heavy atom. The molecule has 170 valence electrons. The Labute approximate surface area is 188 Å². The van der Waals surface area contributed by atoms with Gasteiger partial charge in [0.25, 0.3) is 0 Å². The number of carbonyl (C=O) groups is 2. The normalized spacial score (nSPS) is 15.6. The topological polar surface area (TPSA) is 104 Å². The first-order chi connectivity index (χ1) is 14.9. The van der Waals surface area contributed by atoms with Crippen molar-refractivity contribution in [2.45, 2.75) is 38.1 Å². The molecule has 9 heteroatoms. The van der Waals surface area contributed by atoms with Crippen LogP contribution in [0.4, 0.5) is 4.79 Å². The average Bonchev–Trinajstić information content (AvgIpc) is 2.78. The highest BCUT2D eigenvalue weighted by atomic mass is 32.2. The van der Waals surface area contributed by atoms with Crippen molar-refractivity contribution in [3.05, 3.63) is 29.8 Å². The van der Waals surface area contributed by atoms with Gasteiger partial charge in [0.15, 0.2) is 0 Å². The number of carbonyl (C=O) groups excluding carboxylic acids is 2. The molecule has 31 heavy (non-hydrogen) atoms. The van der Waals surface area contributed by atoms with Crippen LogP contribution in [-0.2, 0) is 15.3 Å². The van der Waals surface area contributed by atoms with Crippen LogP contribution in [0.3, 0.4) is 0 Å². The Morgan fingerprint density at radius 3 is 2.48 bits per heavy atom. The number of nitrogens with zero attached hydrogens (tertiary/aromatic N) is 2. The number of nitriles is 1. The van der Waals surface area contributed by atoms with E-state index in [9.17, 15) is 14.9 Å². The summed E-state index contributed by atoms with van der Waals surface area (Å²) in [5, 5.41) is 15.1. The Hall–Kier alpha value is -2.44. The Morgan fingerprint density at radius 1 is 1.23 bits per heavy atom. The lowest BCUT2D eigenvalue weighted by Gasteiger charge is -2.29. The number of hydrogen-bond acceptors (Lipinski definition) is 6. The zero-order chi connectivity index (χ0) is 22.6. The van der Waals surface area contributed by atoms with Gasteiger partial charge in [-0.2, -0.15) is 17.0 Å².